The second-order valence-corrected chi connectivity index (χ2v) is 6.47. The van der Waals surface area contributed by atoms with Gasteiger partial charge in [-0.15, -0.1) is 0 Å². The maximum absolute atomic E-state index is 13.0. The van der Waals surface area contributed by atoms with E-state index in [-0.39, 0.29) is 11.8 Å². The first-order chi connectivity index (χ1) is 10.2. The Morgan fingerprint density at radius 2 is 2.00 bits per heavy atom. The van der Waals surface area contributed by atoms with Crippen LogP contribution < -0.4 is 15.1 Å². The summed E-state index contributed by atoms with van der Waals surface area (Å²) < 4.78 is 0. The predicted molar refractivity (Wildman–Crippen MR) is 86.8 cm³/mol. The highest BCUT2D eigenvalue weighted by Crippen LogP contribution is 2.33. The average molecular weight is 287 g/mol. The summed E-state index contributed by atoms with van der Waals surface area (Å²) in [5, 5.41) is 3.36. The van der Waals surface area contributed by atoms with Crippen molar-refractivity contribution in [2.75, 3.05) is 43.0 Å². The number of carbonyl (C=O) groups is 1. The quantitative estimate of drug-likeness (QED) is 0.859. The summed E-state index contributed by atoms with van der Waals surface area (Å²) in [6, 6.07) is 8.28. The molecule has 0 aromatic heterocycles. The number of hydrogen-bond acceptors (Lipinski definition) is 3. The van der Waals surface area contributed by atoms with Crippen LogP contribution in [0.5, 0.6) is 0 Å². The van der Waals surface area contributed by atoms with Gasteiger partial charge in [0.05, 0.1) is 17.3 Å². The van der Waals surface area contributed by atoms with Gasteiger partial charge in [0.2, 0.25) is 5.91 Å². The van der Waals surface area contributed by atoms with E-state index < -0.39 is 0 Å². The lowest BCUT2D eigenvalue weighted by atomic mass is 9.97. The third-order valence-corrected chi connectivity index (χ3v) is 4.58. The summed E-state index contributed by atoms with van der Waals surface area (Å²) in [5.74, 6) is 0.891. The van der Waals surface area contributed by atoms with Crippen LogP contribution in [0.1, 0.15) is 19.8 Å². The molecule has 0 radical (unpaired) electrons. The zero-order valence-electron chi connectivity index (χ0n) is 13.0. The topological polar surface area (TPSA) is 35.6 Å². The molecule has 21 heavy (non-hydrogen) atoms. The van der Waals surface area contributed by atoms with Gasteiger partial charge >= 0.3 is 0 Å². The highest BCUT2D eigenvalue weighted by Gasteiger charge is 2.31. The Bertz CT molecular complexity index is 511. The molecular weight excluding hydrogens is 262 g/mol. The van der Waals surface area contributed by atoms with E-state index in [9.17, 15) is 4.79 Å². The zero-order valence-corrected chi connectivity index (χ0v) is 13.0. The lowest BCUT2D eigenvalue weighted by Crippen LogP contribution is -2.44. The first-order valence-corrected chi connectivity index (χ1v) is 7.99. The molecule has 0 spiro atoms. The van der Waals surface area contributed by atoms with Crippen LogP contribution in [-0.2, 0) is 4.79 Å². The molecule has 4 heteroatoms. The van der Waals surface area contributed by atoms with Gasteiger partial charge < -0.3 is 15.1 Å². The van der Waals surface area contributed by atoms with Gasteiger partial charge in [-0.05, 0) is 37.4 Å². The summed E-state index contributed by atoms with van der Waals surface area (Å²) in [7, 11) is 2.12. The fourth-order valence-corrected chi connectivity index (χ4v) is 3.54. The van der Waals surface area contributed by atoms with Gasteiger partial charge in [0.1, 0.15) is 0 Å². The summed E-state index contributed by atoms with van der Waals surface area (Å²) in [4.78, 5) is 17.3. The molecule has 1 fully saturated rings. The van der Waals surface area contributed by atoms with Crippen molar-refractivity contribution >= 4 is 17.3 Å². The number of nitrogens with one attached hydrogen (secondary N) is 1. The summed E-state index contributed by atoms with van der Waals surface area (Å²) in [6.07, 6.45) is 2.11. The SMILES string of the molecule is CC1CN(C)c2ccccc2N(C(=O)C2CCCNC2)C1. The first-order valence-electron chi connectivity index (χ1n) is 7.99. The molecule has 1 amide bonds. The Hall–Kier alpha value is -1.55. The number of benzene rings is 1. The van der Waals surface area contributed by atoms with Crippen molar-refractivity contribution in [1.29, 1.82) is 0 Å². The number of fused-ring (bicyclic) bond motifs is 1. The number of hydrogen-bond donors (Lipinski definition) is 1. The Morgan fingerprint density at radius 1 is 1.24 bits per heavy atom. The number of para-hydroxylation sites is 2. The Morgan fingerprint density at radius 3 is 2.71 bits per heavy atom. The summed E-state index contributed by atoms with van der Waals surface area (Å²) in [6.45, 7) is 5.89. The van der Waals surface area contributed by atoms with Crippen LogP contribution >= 0.6 is 0 Å². The lowest BCUT2D eigenvalue weighted by molar-refractivity contribution is -0.123. The molecule has 1 aromatic rings. The minimum atomic E-state index is 0.127. The van der Waals surface area contributed by atoms with Crippen LogP contribution in [-0.4, -0.2) is 39.1 Å². The molecule has 2 heterocycles. The largest absolute Gasteiger partial charge is 0.373 e. The molecule has 0 bridgehead atoms. The van der Waals surface area contributed by atoms with Crippen molar-refractivity contribution < 1.29 is 4.79 Å². The third-order valence-electron chi connectivity index (χ3n) is 4.58. The molecule has 0 saturated carbocycles. The Kier molecular flexibility index (Phi) is 4.15. The Labute approximate surface area is 127 Å². The van der Waals surface area contributed by atoms with E-state index in [2.05, 4.69) is 42.4 Å². The summed E-state index contributed by atoms with van der Waals surface area (Å²) >= 11 is 0. The van der Waals surface area contributed by atoms with Crippen LogP contribution in [0.3, 0.4) is 0 Å². The molecule has 2 atom stereocenters. The van der Waals surface area contributed by atoms with Gasteiger partial charge in [0.15, 0.2) is 0 Å². The van der Waals surface area contributed by atoms with Gasteiger partial charge in [-0.2, -0.15) is 0 Å². The molecule has 4 nitrogen and oxygen atoms in total. The maximum atomic E-state index is 13.0. The van der Waals surface area contributed by atoms with Crippen molar-refractivity contribution in [1.82, 2.24) is 5.32 Å². The molecule has 1 aromatic carbocycles. The zero-order chi connectivity index (χ0) is 14.8. The maximum Gasteiger partial charge on any atom is 0.231 e. The van der Waals surface area contributed by atoms with E-state index in [0.29, 0.717) is 5.92 Å². The van der Waals surface area contributed by atoms with E-state index >= 15 is 0 Å². The highest BCUT2D eigenvalue weighted by atomic mass is 16.2. The summed E-state index contributed by atoms with van der Waals surface area (Å²) in [5.41, 5.74) is 2.24. The molecule has 2 aliphatic rings. The predicted octanol–water partition coefficient (Wildman–Crippen LogP) is 2.11. The standard InChI is InChI=1S/C17H25N3O/c1-13-11-19(2)15-7-3-4-8-16(15)20(12-13)17(21)14-6-5-9-18-10-14/h3-4,7-8,13-14,18H,5-6,9-12H2,1-2H3. The smallest absolute Gasteiger partial charge is 0.231 e. The van der Waals surface area contributed by atoms with Crippen LogP contribution in [0.25, 0.3) is 0 Å². The monoisotopic (exact) mass is 287 g/mol. The number of amides is 1. The fraction of sp³-hybridized carbons (Fsp3) is 0.588. The number of rotatable bonds is 1. The third kappa shape index (κ3) is 2.91. The molecular formula is C17H25N3O. The average Bonchev–Trinajstić information content (AvgIpc) is 2.64. The van der Waals surface area contributed by atoms with Crippen LogP contribution in [0, 0.1) is 11.8 Å². The van der Waals surface area contributed by atoms with Crippen molar-refractivity contribution in [3.8, 4) is 0 Å². The number of nitrogens with zero attached hydrogens (tertiary/aromatic N) is 2. The van der Waals surface area contributed by atoms with Crippen LogP contribution in [0.4, 0.5) is 11.4 Å². The number of carbonyl (C=O) groups excluding carboxylic acids is 1. The first kappa shape index (κ1) is 14.4. The van der Waals surface area contributed by atoms with Gasteiger partial charge in [0.25, 0.3) is 0 Å². The molecule has 1 N–H and O–H groups in total. The van der Waals surface area contributed by atoms with E-state index in [1.165, 1.54) is 5.69 Å². The van der Waals surface area contributed by atoms with Gasteiger partial charge in [-0.3, -0.25) is 4.79 Å². The van der Waals surface area contributed by atoms with Crippen LogP contribution in [0.2, 0.25) is 0 Å². The second-order valence-electron chi connectivity index (χ2n) is 6.47. The van der Waals surface area contributed by atoms with E-state index in [1.54, 1.807) is 0 Å². The number of anilines is 2. The number of piperidine rings is 1. The Balaban J connectivity index is 1.92. The molecule has 0 aliphatic carbocycles. The van der Waals surface area contributed by atoms with E-state index in [1.807, 2.05) is 11.0 Å². The van der Waals surface area contributed by atoms with Gasteiger partial charge in [0, 0.05) is 26.7 Å². The molecule has 2 unspecified atom stereocenters. The molecule has 2 aliphatic heterocycles. The van der Waals surface area contributed by atoms with E-state index in [4.69, 9.17) is 0 Å². The van der Waals surface area contributed by atoms with Crippen molar-refractivity contribution in [2.24, 2.45) is 11.8 Å². The fourth-order valence-electron chi connectivity index (χ4n) is 3.54. The van der Waals surface area contributed by atoms with Gasteiger partial charge in [-0.25, -0.2) is 0 Å². The van der Waals surface area contributed by atoms with Crippen molar-refractivity contribution in [2.45, 2.75) is 19.8 Å². The van der Waals surface area contributed by atoms with Gasteiger partial charge in [-0.1, -0.05) is 19.1 Å². The highest BCUT2D eigenvalue weighted by molar-refractivity contribution is 5.98. The lowest BCUT2D eigenvalue weighted by Gasteiger charge is -2.30. The minimum Gasteiger partial charge on any atom is -0.373 e. The molecule has 3 rings (SSSR count). The second kappa shape index (κ2) is 6.06. The van der Waals surface area contributed by atoms with Crippen LogP contribution in [0.15, 0.2) is 24.3 Å². The minimum absolute atomic E-state index is 0.127. The normalized spacial score (nSPS) is 26.2. The molecule has 114 valence electrons. The van der Waals surface area contributed by atoms with Crippen molar-refractivity contribution in [3.63, 3.8) is 0 Å². The van der Waals surface area contributed by atoms with E-state index in [0.717, 1.165) is 44.7 Å². The van der Waals surface area contributed by atoms with Crippen molar-refractivity contribution in [3.05, 3.63) is 24.3 Å². The molecule has 1 saturated heterocycles.